The number of likely N-dealkylation sites (tertiary alicyclic amines) is 1. The molecule has 2 aromatic heterocycles. The van der Waals surface area contributed by atoms with Crippen LogP contribution in [0.1, 0.15) is 62.7 Å². The summed E-state index contributed by atoms with van der Waals surface area (Å²) < 4.78 is 2.10. The topological polar surface area (TPSA) is 71.8 Å². The molecule has 4 rings (SSSR count). The molecular formula is C18H27N7. The lowest BCUT2D eigenvalue weighted by molar-refractivity contribution is 0.172. The molecule has 2 aliphatic rings. The highest BCUT2D eigenvalue weighted by molar-refractivity contribution is 5.25. The van der Waals surface area contributed by atoms with E-state index in [4.69, 9.17) is 0 Å². The van der Waals surface area contributed by atoms with Crippen LogP contribution in [0, 0.1) is 0 Å². The number of hydrogen-bond acceptors (Lipinski definition) is 6. The van der Waals surface area contributed by atoms with Gasteiger partial charge in [0.1, 0.15) is 0 Å². The highest BCUT2D eigenvalue weighted by atomic mass is 15.4. The predicted octanol–water partition coefficient (Wildman–Crippen LogP) is 2.60. The van der Waals surface area contributed by atoms with E-state index in [0.717, 1.165) is 32.5 Å². The van der Waals surface area contributed by atoms with E-state index in [9.17, 15) is 0 Å². The van der Waals surface area contributed by atoms with Gasteiger partial charge in [-0.05, 0) is 39.5 Å². The summed E-state index contributed by atoms with van der Waals surface area (Å²) in [6.07, 6.45) is 10.9. The number of hydrogen-bond donors (Lipinski definition) is 1. The minimum atomic E-state index is 0.349. The molecule has 0 radical (unpaired) electrons. The van der Waals surface area contributed by atoms with Crippen molar-refractivity contribution in [2.75, 3.05) is 18.4 Å². The fourth-order valence-corrected chi connectivity index (χ4v) is 3.40. The molecule has 0 unspecified atom stereocenters. The first-order chi connectivity index (χ1) is 12.2. The zero-order valence-corrected chi connectivity index (χ0v) is 15.1. The van der Waals surface area contributed by atoms with Crippen LogP contribution < -0.4 is 5.32 Å². The third-order valence-corrected chi connectivity index (χ3v) is 4.98. The standard InChI is InChI=1S/C18H27N7/c1-13(2)21-18-19-9-14(10-20-18)11-24-7-5-16(6-8-24)25-12-17(22-23-25)15-3-4-15/h9-10,12-13,15-16H,3-8,11H2,1-2H3,(H,19,20,21). The van der Waals surface area contributed by atoms with Gasteiger partial charge in [-0.25, -0.2) is 14.6 Å². The third-order valence-electron chi connectivity index (χ3n) is 4.98. The van der Waals surface area contributed by atoms with E-state index in [1.165, 1.54) is 24.1 Å². The predicted molar refractivity (Wildman–Crippen MR) is 96.3 cm³/mol. The average molecular weight is 341 g/mol. The lowest BCUT2D eigenvalue weighted by atomic mass is 10.0. The Morgan fingerprint density at radius 3 is 2.48 bits per heavy atom. The largest absolute Gasteiger partial charge is 0.352 e. The van der Waals surface area contributed by atoms with Gasteiger partial charge in [-0.2, -0.15) is 0 Å². The van der Waals surface area contributed by atoms with Gasteiger partial charge in [-0.15, -0.1) is 5.10 Å². The van der Waals surface area contributed by atoms with Crippen molar-refractivity contribution in [3.8, 4) is 0 Å². The number of aromatic nitrogens is 5. The molecule has 1 N–H and O–H groups in total. The number of anilines is 1. The Bertz CT molecular complexity index is 682. The minimum Gasteiger partial charge on any atom is -0.352 e. The highest BCUT2D eigenvalue weighted by Crippen LogP contribution is 2.39. The first-order valence-electron chi connectivity index (χ1n) is 9.39. The maximum absolute atomic E-state index is 4.40. The van der Waals surface area contributed by atoms with Crippen molar-refractivity contribution in [1.82, 2.24) is 29.9 Å². The van der Waals surface area contributed by atoms with Crippen molar-refractivity contribution in [1.29, 1.82) is 0 Å². The molecular weight excluding hydrogens is 314 g/mol. The molecule has 0 spiro atoms. The number of piperidine rings is 1. The summed E-state index contributed by atoms with van der Waals surface area (Å²) in [6, 6.07) is 0.840. The molecule has 2 aromatic rings. The summed E-state index contributed by atoms with van der Waals surface area (Å²) in [5.41, 5.74) is 2.36. The second kappa shape index (κ2) is 7.07. The summed E-state index contributed by atoms with van der Waals surface area (Å²) in [4.78, 5) is 11.3. The van der Waals surface area contributed by atoms with Crippen molar-refractivity contribution < 1.29 is 0 Å². The van der Waals surface area contributed by atoms with Crippen LogP contribution in [0.5, 0.6) is 0 Å². The van der Waals surface area contributed by atoms with Gasteiger partial charge in [0.25, 0.3) is 0 Å². The monoisotopic (exact) mass is 341 g/mol. The number of rotatable bonds is 6. The first-order valence-corrected chi connectivity index (χ1v) is 9.39. The van der Waals surface area contributed by atoms with Gasteiger partial charge in [0, 0.05) is 55.7 Å². The Labute approximate surface area is 148 Å². The zero-order chi connectivity index (χ0) is 17.2. The van der Waals surface area contributed by atoms with E-state index < -0.39 is 0 Å². The lowest BCUT2D eigenvalue weighted by Crippen LogP contribution is -2.34. The molecule has 0 atom stereocenters. The van der Waals surface area contributed by atoms with Crippen LogP contribution in [0.15, 0.2) is 18.6 Å². The molecule has 2 fully saturated rings. The number of nitrogens with zero attached hydrogens (tertiary/aromatic N) is 6. The van der Waals surface area contributed by atoms with Gasteiger partial charge in [0.2, 0.25) is 5.95 Å². The van der Waals surface area contributed by atoms with Crippen LogP contribution in [0.3, 0.4) is 0 Å². The van der Waals surface area contributed by atoms with Crippen LogP contribution in [0.2, 0.25) is 0 Å². The Balaban J connectivity index is 1.28. The third kappa shape index (κ3) is 4.15. The van der Waals surface area contributed by atoms with E-state index in [-0.39, 0.29) is 0 Å². The van der Waals surface area contributed by atoms with Crippen LogP contribution in [0.25, 0.3) is 0 Å². The lowest BCUT2D eigenvalue weighted by Gasteiger charge is -2.31. The van der Waals surface area contributed by atoms with Gasteiger partial charge in [0.05, 0.1) is 11.7 Å². The van der Waals surface area contributed by atoms with Crippen molar-refractivity contribution in [2.45, 2.75) is 64.1 Å². The molecule has 0 amide bonds. The van der Waals surface area contributed by atoms with Crippen molar-refractivity contribution >= 4 is 5.95 Å². The fourth-order valence-electron chi connectivity index (χ4n) is 3.40. The maximum Gasteiger partial charge on any atom is 0.222 e. The molecule has 1 saturated heterocycles. The Morgan fingerprint density at radius 2 is 1.84 bits per heavy atom. The van der Waals surface area contributed by atoms with Crippen LogP contribution in [0.4, 0.5) is 5.95 Å². The van der Waals surface area contributed by atoms with E-state index in [0.29, 0.717) is 23.9 Å². The zero-order valence-electron chi connectivity index (χ0n) is 15.1. The highest BCUT2D eigenvalue weighted by Gasteiger charge is 2.28. The quantitative estimate of drug-likeness (QED) is 0.871. The molecule has 0 aromatic carbocycles. The normalized spacial score (nSPS) is 19.5. The van der Waals surface area contributed by atoms with Crippen LogP contribution in [-0.4, -0.2) is 49.0 Å². The summed E-state index contributed by atoms with van der Waals surface area (Å²) in [5.74, 6) is 1.39. The average Bonchev–Trinajstić information content (AvgIpc) is 3.34. The molecule has 3 heterocycles. The molecule has 134 valence electrons. The van der Waals surface area contributed by atoms with E-state index in [1.54, 1.807) is 0 Å². The molecule has 1 aliphatic carbocycles. The van der Waals surface area contributed by atoms with Crippen molar-refractivity contribution in [3.05, 3.63) is 29.8 Å². The first kappa shape index (κ1) is 16.4. The summed E-state index contributed by atoms with van der Waals surface area (Å²) >= 11 is 0. The Hall–Kier alpha value is -2.02. The summed E-state index contributed by atoms with van der Waals surface area (Å²) in [6.45, 7) is 7.25. The number of nitrogens with one attached hydrogen (secondary N) is 1. The molecule has 0 bridgehead atoms. The van der Waals surface area contributed by atoms with Gasteiger partial charge >= 0.3 is 0 Å². The van der Waals surface area contributed by atoms with E-state index >= 15 is 0 Å². The van der Waals surface area contributed by atoms with Crippen molar-refractivity contribution in [2.24, 2.45) is 0 Å². The Kier molecular flexibility index (Phi) is 4.65. The molecule has 25 heavy (non-hydrogen) atoms. The van der Waals surface area contributed by atoms with E-state index in [1.807, 2.05) is 12.4 Å². The van der Waals surface area contributed by atoms with Gasteiger partial charge in [0.15, 0.2) is 0 Å². The molecule has 7 heteroatoms. The van der Waals surface area contributed by atoms with Gasteiger partial charge in [-0.1, -0.05) is 5.21 Å². The molecule has 7 nitrogen and oxygen atoms in total. The smallest absolute Gasteiger partial charge is 0.222 e. The molecule has 1 aliphatic heterocycles. The van der Waals surface area contributed by atoms with Crippen LogP contribution >= 0.6 is 0 Å². The minimum absolute atomic E-state index is 0.349. The SMILES string of the molecule is CC(C)Nc1ncc(CN2CCC(n3cc(C4CC4)nn3)CC2)cn1. The fraction of sp³-hybridized carbons (Fsp3) is 0.667. The second-order valence-electron chi connectivity index (χ2n) is 7.62. The summed E-state index contributed by atoms with van der Waals surface area (Å²) in [5, 5.41) is 11.9. The van der Waals surface area contributed by atoms with Crippen LogP contribution in [-0.2, 0) is 6.54 Å². The Morgan fingerprint density at radius 1 is 1.12 bits per heavy atom. The molecule has 1 saturated carbocycles. The second-order valence-corrected chi connectivity index (χ2v) is 7.62. The summed E-state index contributed by atoms with van der Waals surface area (Å²) in [7, 11) is 0. The van der Waals surface area contributed by atoms with Gasteiger partial charge in [-0.3, -0.25) is 4.90 Å². The van der Waals surface area contributed by atoms with E-state index in [2.05, 4.69) is 55.2 Å². The van der Waals surface area contributed by atoms with Crippen molar-refractivity contribution in [3.63, 3.8) is 0 Å². The van der Waals surface area contributed by atoms with Gasteiger partial charge < -0.3 is 5.32 Å². The maximum atomic E-state index is 4.40.